The average molecular weight is 146 g/mol. The molecular weight excluding hydrogens is 132 g/mol. The molecule has 10 heavy (non-hydrogen) atoms. The normalized spacial score (nSPS) is 11.8. The van der Waals surface area contributed by atoms with Crippen molar-refractivity contribution in [3.63, 3.8) is 0 Å². The van der Waals surface area contributed by atoms with E-state index in [1.807, 2.05) is 0 Å². The van der Waals surface area contributed by atoms with Crippen LogP contribution in [0.25, 0.3) is 0 Å². The van der Waals surface area contributed by atoms with Gasteiger partial charge < -0.3 is 4.74 Å². The number of ether oxygens (including phenoxy) is 1. The molecule has 0 spiro atoms. The molecule has 0 unspecified atom stereocenters. The Morgan fingerprint density at radius 2 is 1.90 bits per heavy atom. The fraction of sp³-hybridized carbons (Fsp3) is 0.833. The monoisotopic (exact) mass is 146 g/mol. The van der Waals surface area contributed by atoms with Crippen molar-refractivity contribution >= 4 is 5.97 Å². The van der Waals surface area contributed by atoms with Crippen LogP contribution in [-0.2, 0) is 9.53 Å². The van der Waals surface area contributed by atoms with Crippen molar-refractivity contribution in [1.82, 2.24) is 0 Å². The first-order valence-corrected chi connectivity index (χ1v) is 3.13. The van der Waals surface area contributed by atoms with Gasteiger partial charge in [0, 0.05) is 12.8 Å². The largest absolute Gasteiger partial charge is 0.431 e. The van der Waals surface area contributed by atoms with E-state index in [1.165, 1.54) is 6.92 Å². The summed E-state index contributed by atoms with van der Waals surface area (Å²) in [7, 11) is 0. The fourth-order valence-electron chi connectivity index (χ4n) is 0.367. The highest BCUT2D eigenvalue weighted by Crippen LogP contribution is 2.08. The molecule has 4 heteroatoms. The highest BCUT2D eigenvalue weighted by molar-refractivity contribution is 5.66. The van der Waals surface area contributed by atoms with Crippen LogP contribution in [0.5, 0.6) is 0 Å². The van der Waals surface area contributed by atoms with Gasteiger partial charge in [0.05, 0.1) is 0 Å². The minimum atomic E-state index is -1.33. The zero-order valence-electron chi connectivity index (χ0n) is 6.55. The molecule has 4 N–H and O–H groups in total. The fourth-order valence-corrected chi connectivity index (χ4v) is 0.367. The highest BCUT2D eigenvalue weighted by Gasteiger charge is 2.26. The summed E-state index contributed by atoms with van der Waals surface area (Å²) in [4.78, 5) is 10.4. The molecule has 4 nitrogen and oxygen atoms in total. The summed E-state index contributed by atoms with van der Waals surface area (Å²) in [5.41, 5.74) is 10.8. The van der Waals surface area contributed by atoms with Gasteiger partial charge in [-0.05, 0) is 0 Å². The molecule has 0 bridgehead atoms. The van der Waals surface area contributed by atoms with Gasteiger partial charge >= 0.3 is 5.97 Å². The molecule has 0 atom stereocenters. The Morgan fingerprint density at radius 3 is 2.00 bits per heavy atom. The van der Waals surface area contributed by atoms with E-state index < -0.39 is 11.8 Å². The molecule has 0 aromatic carbocycles. The van der Waals surface area contributed by atoms with Crippen molar-refractivity contribution in [3.8, 4) is 0 Å². The van der Waals surface area contributed by atoms with Crippen LogP contribution in [0.15, 0.2) is 0 Å². The zero-order chi connectivity index (χ0) is 8.36. The summed E-state index contributed by atoms with van der Waals surface area (Å²) in [5, 5.41) is 0. The third-order valence-electron chi connectivity index (χ3n) is 1.22. The number of esters is 1. The van der Waals surface area contributed by atoms with Gasteiger partial charge in [0.15, 0.2) is 0 Å². The summed E-state index contributed by atoms with van der Waals surface area (Å²) in [6.45, 7) is 4.84. The molecule has 0 amide bonds. The number of hydrogen-bond acceptors (Lipinski definition) is 4. The summed E-state index contributed by atoms with van der Waals surface area (Å²) in [6.07, 6.45) is 0. The number of hydrogen-bond donors (Lipinski definition) is 2. The third kappa shape index (κ3) is 2.80. The van der Waals surface area contributed by atoms with E-state index in [9.17, 15) is 4.79 Å². The number of carbonyl (C=O) groups is 1. The van der Waals surface area contributed by atoms with Crippen LogP contribution < -0.4 is 11.5 Å². The number of carbonyl (C=O) groups excluding carboxylic acids is 1. The number of rotatable bonds is 2. The Hall–Kier alpha value is -0.610. The van der Waals surface area contributed by atoms with Crippen LogP contribution >= 0.6 is 0 Å². The maximum Gasteiger partial charge on any atom is 0.305 e. The molecule has 0 heterocycles. The molecule has 0 aliphatic rings. The lowest BCUT2D eigenvalue weighted by atomic mass is 10.1. The zero-order valence-corrected chi connectivity index (χ0v) is 6.55. The second-order valence-electron chi connectivity index (χ2n) is 2.60. The molecule has 0 aliphatic carbocycles. The van der Waals surface area contributed by atoms with Crippen LogP contribution in [0.2, 0.25) is 0 Å². The van der Waals surface area contributed by atoms with Crippen LogP contribution in [0, 0.1) is 5.92 Å². The molecular formula is C6H14N2O2. The summed E-state index contributed by atoms with van der Waals surface area (Å²) in [5.74, 6) is -1.87. The van der Waals surface area contributed by atoms with E-state index in [0.717, 1.165) is 0 Å². The molecule has 0 aromatic heterocycles. The van der Waals surface area contributed by atoms with E-state index in [2.05, 4.69) is 4.74 Å². The molecule has 0 aromatic rings. The molecule has 0 saturated carbocycles. The van der Waals surface area contributed by atoms with Gasteiger partial charge in [-0.25, -0.2) is 0 Å². The van der Waals surface area contributed by atoms with Crippen LogP contribution in [0.1, 0.15) is 20.8 Å². The Kier molecular flexibility index (Phi) is 2.80. The Morgan fingerprint density at radius 1 is 1.50 bits per heavy atom. The number of nitrogens with two attached hydrogens (primary N) is 2. The predicted octanol–water partition coefficient (Wildman–Crippen LogP) is -0.223. The third-order valence-corrected chi connectivity index (χ3v) is 1.22. The molecule has 0 radical (unpaired) electrons. The Labute approximate surface area is 60.5 Å². The van der Waals surface area contributed by atoms with Gasteiger partial charge in [-0.2, -0.15) is 0 Å². The van der Waals surface area contributed by atoms with Gasteiger partial charge in [-0.1, -0.05) is 13.8 Å². The van der Waals surface area contributed by atoms with Crippen molar-refractivity contribution in [1.29, 1.82) is 0 Å². The minimum absolute atomic E-state index is 0.0867. The van der Waals surface area contributed by atoms with E-state index in [4.69, 9.17) is 11.5 Å². The SMILES string of the molecule is CC(=O)OC(N)(N)C(C)C. The van der Waals surface area contributed by atoms with Crippen molar-refractivity contribution in [3.05, 3.63) is 0 Å². The molecule has 0 saturated heterocycles. The van der Waals surface area contributed by atoms with Gasteiger partial charge in [0.2, 0.25) is 5.85 Å². The lowest BCUT2D eigenvalue weighted by molar-refractivity contribution is -0.160. The van der Waals surface area contributed by atoms with Crippen molar-refractivity contribution in [2.75, 3.05) is 0 Å². The Bertz CT molecular complexity index is 132. The van der Waals surface area contributed by atoms with Crippen LogP contribution in [0.3, 0.4) is 0 Å². The van der Waals surface area contributed by atoms with Crippen molar-refractivity contribution < 1.29 is 9.53 Å². The van der Waals surface area contributed by atoms with E-state index >= 15 is 0 Å². The first-order valence-electron chi connectivity index (χ1n) is 3.13. The molecule has 60 valence electrons. The summed E-state index contributed by atoms with van der Waals surface area (Å²) >= 11 is 0. The Balaban J connectivity index is 3.99. The summed E-state index contributed by atoms with van der Waals surface area (Å²) in [6, 6.07) is 0. The quantitative estimate of drug-likeness (QED) is 0.417. The topological polar surface area (TPSA) is 78.3 Å². The van der Waals surface area contributed by atoms with Crippen molar-refractivity contribution in [2.24, 2.45) is 17.4 Å². The van der Waals surface area contributed by atoms with Gasteiger partial charge in [0.25, 0.3) is 0 Å². The first-order chi connectivity index (χ1) is 4.36. The standard InChI is InChI=1S/C6H14N2O2/c1-4(2)6(7,8)10-5(3)9/h4H,7-8H2,1-3H3. The smallest absolute Gasteiger partial charge is 0.305 e. The maximum atomic E-state index is 10.4. The van der Waals surface area contributed by atoms with Crippen LogP contribution in [0.4, 0.5) is 0 Å². The van der Waals surface area contributed by atoms with E-state index in [-0.39, 0.29) is 5.92 Å². The van der Waals surface area contributed by atoms with E-state index in [1.54, 1.807) is 13.8 Å². The van der Waals surface area contributed by atoms with Crippen molar-refractivity contribution in [2.45, 2.75) is 26.6 Å². The lowest BCUT2D eigenvalue weighted by Crippen LogP contribution is -2.57. The molecule has 0 fully saturated rings. The minimum Gasteiger partial charge on any atom is -0.431 e. The second kappa shape index (κ2) is 2.98. The predicted molar refractivity (Wildman–Crippen MR) is 37.7 cm³/mol. The van der Waals surface area contributed by atoms with Gasteiger partial charge in [-0.3, -0.25) is 16.3 Å². The van der Waals surface area contributed by atoms with Gasteiger partial charge in [0.1, 0.15) is 0 Å². The van der Waals surface area contributed by atoms with Crippen LogP contribution in [-0.4, -0.2) is 11.8 Å². The second-order valence-corrected chi connectivity index (χ2v) is 2.60. The van der Waals surface area contributed by atoms with Gasteiger partial charge in [-0.15, -0.1) is 0 Å². The summed E-state index contributed by atoms with van der Waals surface area (Å²) < 4.78 is 4.62. The highest BCUT2D eigenvalue weighted by atomic mass is 16.6. The lowest BCUT2D eigenvalue weighted by Gasteiger charge is -2.27. The molecule has 0 rings (SSSR count). The molecule has 0 aliphatic heterocycles. The maximum absolute atomic E-state index is 10.4. The van der Waals surface area contributed by atoms with E-state index in [0.29, 0.717) is 0 Å². The average Bonchev–Trinajstić information content (AvgIpc) is 1.60. The first kappa shape index (κ1) is 9.39.